The lowest BCUT2D eigenvalue weighted by Gasteiger charge is -2.08. The third kappa shape index (κ3) is 3.81. The van der Waals surface area contributed by atoms with Gasteiger partial charge in [-0.1, -0.05) is 0 Å². The lowest BCUT2D eigenvalue weighted by molar-refractivity contribution is 0.0471. The van der Waals surface area contributed by atoms with Gasteiger partial charge in [-0.15, -0.1) is 0 Å². The van der Waals surface area contributed by atoms with Crippen molar-refractivity contribution in [1.82, 2.24) is 4.57 Å². The second-order valence-electron chi connectivity index (χ2n) is 4.83. The number of sulfonamides is 1. The minimum absolute atomic E-state index is 0.105. The van der Waals surface area contributed by atoms with E-state index < -0.39 is 16.0 Å². The predicted molar refractivity (Wildman–Crippen MR) is 70.7 cm³/mol. The number of rotatable bonds is 7. The van der Waals surface area contributed by atoms with Gasteiger partial charge in [-0.25, -0.2) is 18.4 Å². The Hall–Kier alpha value is -1.38. The zero-order valence-corrected chi connectivity index (χ0v) is 12.1. The average molecular weight is 302 g/mol. The molecule has 8 heteroatoms. The zero-order chi connectivity index (χ0) is 14.8. The number of hydrogen-bond donors (Lipinski definition) is 1. The molecule has 20 heavy (non-hydrogen) atoms. The van der Waals surface area contributed by atoms with E-state index in [0.717, 1.165) is 12.8 Å². The van der Waals surface area contributed by atoms with Crippen LogP contribution in [0.25, 0.3) is 0 Å². The number of primary sulfonamides is 1. The van der Waals surface area contributed by atoms with Gasteiger partial charge < -0.3 is 14.0 Å². The van der Waals surface area contributed by atoms with E-state index in [1.54, 1.807) is 0 Å². The molecule has 1 heterocycles. The van der Waals surface area contributed by atoms with Gasteiger partial charge in [0, 0.05) is 19.9 Å². The molecule has 1 aromatic rings. The monoisotopic (exact) mass is 302 g/mol. The molecule has 1 aliphatic carbocycles. The van der Waals surface area contributed by atoms with Crippen molar-refractivity contribution in [2.75, 3.05) is 20.3 Å². The van der Waals surface area contributed by atoms with Gasteiger partial charge in [0.1, 0.15) is 10.6 Å². The first kappa shape index (κ1) is 15.0. The number of nitrogens with two attached hydrogens (primary N) is 1. The number of aromatic nitrogens is 1. The third-order valence-corrected chi connectivity index (χ3v) is 3.97. The van der Waals surface area contributed by atoms with E-state index in [9.17, 15) is 13.2 Å². The minimum atomic E-state index is -3.85. The lowest BCUT2D eigenvalue weighted by Crippen LogP contribution is -2.15. The SMILES string of the molecule is COCCn1cc(S(N)(=O)=O)cc1C(=O)OCC1CC1. The summed E-state index contributed by atoms with van der Waals surface area (Å²) in [6.45, 7) is 1.07. The van der Waals surface area contributed by atoms with Gasteiger partial charge in [0.25, 0.3) is 0 Å². The maximum Gasteiger partial charge on any atom is 0.354 e. The fourth-order valence-electron chi connectivity index (χ4n) is 1.74. The summed E-state index contributed by atoms with van der Waals surface area (Å²) in [4.78, 5) is 11.9. The summed E-state index contributed by atoms with van der Waals surface area (Å²) < 4.78 is 34.3. The van der Waals surface area contributed by atoms with Crippen LogP contribution in [-0.2, 0) is 26.0 Å². The summed E-state index contributed by atoms with van der Waals surface area (Å²) in [6, 6.07) is 1.24. The van der Waals surface area contributed by atoms with Crippen LogP contribution in [-0.4, -0.2) is 39.3 Å². The van der Waals surface area contributed by atoms with Gasteiger partial charge in [0.2, 0.25) is 10.0 Å². The second kappa shape index (κ2) is 5.94. The molecule has 0 amide bonds. The molecule has 0 atom stereocenters. The zero-order valence-electron chi connectivity index (χ0n) is 11.2. The van der Waals surface area contributed by atoms with Gasteiger partial charge in [0.15, 0.2) is 0 Å². The van der Waals surface area contributed by atoms with Crippen LogP contribution in [0.1, 0.15) is 23.3 Å². The largest absolute Gasteiger partial charge is 0.461 e. The van der Waals surface area contributed by atoms with Crippen LogP contribution in [0, 0.1) is 5.92 Å². The maximum absolute atomic E-state index is 12.0. The molecule has 0 aromatic carbocycles. The first-order valence-corrected chi connectivity index (χ1v) is 7.85. The summed E-state index contributed by atoms with van der Waals surface area (Å²) in [5, 5.41) is 5.08. The van der Waals surface area contributed by atoms with Gasteiger partial charge in [-0.05, 0) is 24.8 Å². The van der Waals surface area contributed by atoms with Crippen LogP contribution >= 0.6 is 0 Å². The lowest BCUT2D eigenvalue weighted by atomic mass is 10.4. The number of esters is 1. The highest BCUT2D eigenvalue weighted by Crippen LogP contribution is 2.29. The molecular formula is C12H18N2O5S. The van der Waals surface area contributed by atoms with Gasteiger partial charge in [-0.2, -0.15) is 0 Å². The van der Waals surface area contributed by atoms with Gasteiger partial charge in [0.05, 0.1) is 13.2 Å². The molecule has 1 fully saturated rings. The Morgan fingerprint density at radius 2 is 2.20 bits per heavy atom. The Balaban J connectivity index is 2.18. The van der Waals surface area contributed by atoms with Crippen LogP contribution in [0.3, 0.4) is 0 Å². The van der Waals surface area contributed by atoms with E-state index in [2.05, 4.69) is 0 Å². The quantitative estimate of drug-likeness (QED) is 0.732. The van der Waals surface area contributed by atoms with Gasteiger partial charge in [-0.3, -0.25) is 0 Å². The summed E-state index contributed by atoms with van der Waals surface area (Å²) in [5.41, 5.74) is 0.173. The predicted octanol–water partition coefficient (Wildman–Crippen LogP) is 0.349. The molecule has 2 rings (SSSR count). The summed E-state index contributed by atoms with van der Waals surface area (Å²) in [7, 11) is -2.33. The Morgan fingerprint density at radius 3 is 2.75 bits per heavy atom. The Morgan fingerprint density at radius 1 is 1.50 bits per heavy atom. The smallest absolute Gasteiger partial charge is 0.354 e. The van der Waals surface area contributed by atoms with Crippen molar-refractivity contribution in [3.63, 3.8) is 0 Å². The summed E-state index contributed by atoms with van der Waals surface area (Å²) in [5.74, 6) is -0.0954. The fourth-order valence-corrected chi connectivity index (χ4v) is 2.29. The molecular weight excluding hydrogens is 284 g/mol. The molecule has 0 spiro atoms. The van der Waals surface area contributed by atoms with Crippen molar-refractivity contribution in [3.8, 4) is 0 Å². The number of carbonyl (C=O) groups is 1. The molecule has 112 valence electrons. The number of nitrogens with zero attached hydrogens (tertiary/aromatic N) is 1. The molecule has 1 aliphatic rings. The van der Waals surface area contributed by atoms with Crippen LogP contribution in [0.2, 0.25) is 0 Å². The number of ether oxygens (including phenoxy) is 2. The third-order valence-electron chi connectivity index (χ3n) is 3.09. The molecule has 0 saturated heterocycles. The van der Waals surface area contributed by atoms with E-state index in [4.69, 9.17) is 14.6 Å². The molecule has 1 saturated carbocycles. The van der Waals surface area contributed by atoms with Gasteiger partial charge >= 0.3 is 5.97 Å². The van der Waals surface area contributed by atoms with E-state index in [-0.39, 0.29) is 10.6 Å². The number of hydrogen-bond acceptors (Lipinski definition) is 5. The highest BCUT2D eigenvalue weighted by molar-refractivity contribution is 7.89. The van der Waals surface area contributed by atoms with E-state index in [1.165, 1.54) is 23.9 Å². The summed E-state index contributed by atoms with van der Waals surface area (Å²) >= 11 is 0. The first-order valence-electron chi connectivity index (χ1n) is 6.31. The molecule has 2 N–H and O–H groups in total. The molecule has 7 nitrogen and oxygen atoms in total. The Bertz CT molecular complexity index is 589. The standard InChI is InChI=1S/C12H18N2O5S/c1-18-5-4-14-7-10(20(13,16)17)6-11(14)12(15)19-8-9-2-3-9/h6-7,9H,2-5,8H2,1H3,(H2,13,16,17). The minimum Gasteiger partial charge on any atom is -0.461 e. The second-order valence-corrected chi connectivity index (χ2v) is 6.40. The van der Waals surface area contributed by atoms with Crippen molar-refractivity contribution in [2.24, 2.45) is 11.1 Å². The molecule has 0 bridgehead atoms. The van der Waals surface area contributed by atoms with Crippen molar-refractivity contribution < 1.29 is 22.7 Å². The normalized spacial score (nSPS) is 15.3. The summed E-state index contributed by atoms with van der Waals surface area (Å²) in [6.07, 6.45) is 3.46. The van der Waals surface area contributed by atoms with Crippen LogP contribution in [0.4, 0.5) is 0 Å². The van der Waals surface area contributed by atoms with Crippen LogP contribution < -0.4 is 5.14 Å². The van der Waals surface area contributed by atoms with Crippen molar-refractivity contribution >= 4 is 16.0 Å². The Kier molecular flexibility index (Phi) is 4.46. The first-order chi connectivity index (χ1) is 9.41. The average Bonchev–Trinajstić information content (AvgIpc) is 3.09. The molecule has 0 radical (unpaired) electrons. The van der Waals surface area contributed by atoms with Crippen LogP contribution in [0.15, 0.2) is 17.2 Å². The molecule has 0 unspecified atom stereocenters. The van der Waals surface area contributed by atoms with Crippen molar-refractivity contribution in [1.29, 1.82) is 0 Å². The molecule has 0 aliphatic heterocycles. The van der Waals surface area contributed by atoms with Crippen LogP contribution in [0.5, 0.6) is 0 Å². The highest BCUT2D eigenvalue weighted by Gasteiger charge is 2.25. The van der Waals surface area contributed by atoms with E-state index >= 15 is 0 Å². The fraction of sp³-hybridized carbons (Fsp3) is 0.583. The highest BCUT2D eigenvalue weighted by atomic mass is 32.2. The van der Waals surface area contributed by atoms with E-state index in [0.29, 0.717) is 25.7 Å². The topological polar surface area (TPSA) is 101 Å². The number of methoxy groups -OCH3 is 1. The molecule has 1 aromatic heterocycles. The Labute approximate surface area is 117 Å². The number of carbonyl (C=O) groups excluding carboxylic acids is 1. The van der Waals surface area contributed by atoms with E-state index in [1.807, 2.05) is 0 Å². The maximum atomic E-state index is 12.0. The van der Waals surface area contributed by atoms with Crippen molar-refractivity contribution in [3.05, 3.63) is 18.0 Å². The van der Waals surface area contributed by atoms with Crippen molar-refractivity contribution in [2.45, 2.75) is 24.3 Å².